The van der Waals surface area contributed by atoms with Gasteiger partial charge in [-0.05, 0) is 67.9 Å². The number of carbonyl (C=O) groups excluding carboxylic acids is 2. The van der Waals surface area contributed by atoms with Gasteiger partial charge < -0.3 is 0 Å². The number of rotatable bonds is 4. The molecule has 5 unspecified atom stereocenters. The summed E-state index contributed by atoms with van der Waals surface area (Å²) in [6, 6.07) is 0. The van der Waals surface area contributed by atoms with Crippen LogP contribution in [0.2, 0.25) is 0 Å². The van der Waals surface area contributed by atoms with Crippen molar-refractivity contribution in [1.29, 1.82) is 0 Å². The van der Waals surface area contributed by atoms with E-state index in [1.54, 1.807) is 0 Å². The summed E-state index contributed by atoms with van der Waals surface area (Å²) < 4.78 is 0. The Morgan fingerprint density at radius 1 is 1.12 bits per heavy atom. The molecule has 0 heterocycles. The lowest BCUT2D eigenvalue weighted by atomic mass is 9.46. The van der Waals surface area contributed by atoms with Crippen LogP contribution in [0.5, 0.6) is 0 Å². The van der Waals surface area contributed by atoms with Crippen LogP contribution < -0.4 is 0 Å². The molecule has 4 aliphatic rings. The number of hydrogen-bond donors (Lipinski definition) is 0. The number of allylic oxidation sites excluding steroid dienone is 4. The molecule has 0 amide bonds. The predicted octanol–water partition coefficient (Wildman–Crippen LogP) is 5.67. The van der Waals surface area contributed by atoms with Gasteiger partial charge in [-0.3, -0.25) is 9.59 Å². The summed E-state index contributed by atoms with van der Waals surface area (Å²) in [5, 5.41) is 0. The smallest absolute Gasteiger partial charge is 0.178 e. The van der Waals surface area contributed by atoms with Crippen LogP contribution in [0.25, 0.3) is 0 Å². The first kappa shape index (κ1) is 18.2. The van der Waals surface area contributed by atoms with Crippen LogP contribution in [0, 0.1) is 34.5 Å². The van der Waals surface area contributed by atoms with E-state index < -0.39 is 0 Å². The third kappa shape index (κ3) is 2.59. The summed E-state index contributed by atoms with van der Waals surface area (Å²) in [6.45, 7) is 6.89. The van der Waals surface area contributed by atoms with Crippen molar-refractivity contribution in [2.24, 2.45) is 34.5 Å². The Morgan fingerprint density at radius 2 is 1.92 bits per heavy atom. The van der Waals surface area contributed by atoms with E-state index in [9.17, 15) is 9.59 Å². The fourth-order valence-electron chi connectivity index (χ4n) is 7.11. The number of ketones is 2. The Kier molecular flexibility index (Phi) is 4.52. The van der Waals surface area contributed by atoms with E-state index in [2.05, 4.69) is 26.8 Å². The second-order valence-corrected chi connectivity index (χ2v) is 9.84. The molecule has 0 aliphatic heterocycles. The zero-order valence-electron chi connectivity index (χ0n) is 16.7. The average molecular weight is 355 g/mol. The van der Waals surface area contributed by atoms with E-state index in [1.807, 2.05) is 12.2 Å². The number of Topliss-reactive ketones (excluding diaryl/α,β-unsaturated/α-hetero) is 1. The van der Waals surface area contributed by atoms with Crippen LogP contribution >= 0.6 is 0 Å². The van der Waals surface area contributed by atoms with E-state index >= 15 is 0 Å². The highest BCUT2D eigenvalue weighted by atomic mass is 16.1. The van der Waals surface area contributed by atoms with Gasteiger partial charge >= 0.3 is 0 Å². The van der Waals surface area contributed by atoms with Gasteiger partial charge in [-0.2, -0.15) is 0 Å². The molecule has 26 heavy (non-hydrogen) atoms. The quantitative estimate of drug-likeness (QED) is 0.610. The van der Waals surface area contributed by atoms with Crippen LogP contribution in [-0.4, -0.2) is 11.6 Å². The summed E-state index contributed by atoms with van der Waals surface area (Å²) in [7, 11) is 0. The van der Waals surface area contributed by atoms with Crippen LogP contribution in [-0.2, 0) is 9.59 Å². The largest absolute Gasteiger partial charge is 0.299 e. The highest BCUT2D eigenvalue weighted by molar-refractivity contribution is 6.01. The zero-order chi connectivity index (χ0) is 18.5. The minimum Gasteiger partial charge on any atom is -0.299 e. The van der Waals surface area contributed by atoms with Crippen molar-refractivity contribution in [2.45, 2.75) is 78.6 Å². The van der Waals surface area contributed by atoms with Gasteiger partial charge in [-0.15, -0.1) is 0 Å². The molecule has 0 N–H and O–H groups in total. The molecule has 0 saturated heterocycles. The van der Waals surface area contributed by atoms with Gasteiger partial charge in [-0.25, -0.2) is 0 Å². The van der Waals surface area contributed by atoms with Crippen molar-refractivity contribution in [3.8, 4) is 0 Å². The number of hydrogen-bond acceptors (Lipinski definition) is 2. The van der Waals surface area contributed by atoms with Gasteiger partial charge in [0, 0.05) is 17.3 Å². The van der Waals surface area contributed by atoms with Crippen molar-refractivity contribution in [1.82, 2.24) is 0 Å². The fourth-order valence-corrected chi connectivity index (χ4v) is 7.11. The lowest BCUT2D eigenvalue weighted by Crippen LogP contribution is -2.51. The second-order valence-electron chi connectivity index (χ2n) is 9.84. The van der Waals surface area contributed by atoms with Crippen molar-refractivity contribution in [2.75, 3.05) is 0 Å². The lowest BCUT2D eigenvalue weighted by Gasteiger charge is -2.57. The predicted molar refractivity (Wildman–Crippen MR) is 105 cm³/mol. The molecule has 4 rings (SSSR count). The summed E-state index contributed by atoms with van der Waals surface area (Å²) in [5.74, 6) is 3.03. The van der Waals surface area contributed by atoms with Gasteiger partial charge in [-0.1, -0.05) is 51.7 Å². The van der Waals surface area contributed by atoms with E-state index in [-0.39, 0.29) is 16.6 Å². The maximum atomic E-state index is 12.6. The maximum absolute atomic E-state index is 12.6. The van der Waals surface area contributed by atoms with Crippen molar-refractivity contribution in [3.63, 3.8) is 0 Å². The first-order chi connectivity index (χ1) is 12.4. The number of unbranched alkanes of at least 4 members (excludes halogenated alkanes) is 2. The molecule has 0 bridgehead atoms. The zero-order valence-corrected chi connectivity index (χ0v) is 16.7. The van der Waals surface area contributed by atoms with Crippen molar-refractivity contribution < 1.29 is 9.59 Å². The Morgan fingerprint density at radius 3 is 2.69 bits per heavy atom. The molecule has 3 fully saturated rings. The summed E-state index contributed by atoms with van der Waals surface area (Å²) in [5.41, 5.74) is 1.37. The molecule has 0 aromatic heterocycles. The maximum Gasteiger partial charge on any atom is 0.178 e. The van der Waals surface area contributed by atoms with Gasteiger partial charge in [0.05, 0.1) is 0 Å². The normalized spacial score (nSPS) is 44.3. The highest BCUT2D eigenvalue weighted by Gasteiger charge is 2.59. The second kappa shape index (κ2) is 6.46. The molecule has 6 atom stereocenters. The standard InChI is InChI=1S/C24H34O2/c1-4-5-6-7-16-14-18-19-8-9-22(26)24(19,3)13-11-20(18)23(2)12-10-17(25)15-21(16)23/h10,12,15-16,18-20H,4-9,11,13-14H2,1-3H3/t16-,18?,19?,20?,23?,24?/m1/s1. The Labute approximate surface area is 158 Å². The van der Waals surface area contributed by atoms with Gasteiger partial charge in [0.1, 0.15) is 5.78 Å². The lowest BCUT2D eigenvalue weighted by molar-refractivity contribution is -0.132. The molecule has 3 saturated carbocycles. The summed E-state index contributed by atoms with van der Waals surface area (Å²) in [4.78, 5) is 24.8. The molecule has 4 aliphatic carbocycles. The molecule has 142 valence electrons. The molecule has 0 aromatic rings. The van der Waals surface area contributed by atoms with E-state index in [0.29, 0.717) is 29.5 Å². The first-order valence-corrected chi connectivity index (χ1v) is 10.9. The van der Waals surface area contributed by atoms with E-state index in [0.717, 1.165) is 25.7 Å². The van der Waals surface area contributed by atoms with E-state index in [1.165, 1.54) is 37.7 Å². The molecule has 2 nitrogen and oxygen atoms in total. The molecular weight excluding hydrogens is 320 g/mol. The minimum absolute atomic E-state index is 0.0284. The van der Waals surface area contributed by atoms with Crippen molar-refractivity contribution >= 4 is 11.6 Å². The van der Waals surface area contributed by atoms with Gasteiger partial charge in [0.25, 0.3) is 0 Å². The Balaban J connectivity index is 1.69. The summed E-state index contributed by atoms with van der Waals surface area (Å²) in [6.07, 6.45) is 16.2. The van der Waals surface area contributed by atoms with Gasteiger partial charge in [0.2, 0.25) is 0 Å². The van der Waals surface area contributed by atoms with Crippen LogP contribution in [0.3, 0.4) is 0 Å². The van der Waals surface area contributed by atoms with Gasteiger partial charge in [0.15, 0.2) is 5.78 Å². The Bertz CT molecular complexity index is 672. The number of fused-ring (bicyclic) bond motifs is 5. The average Bonchev–Trinajstić information content (AvgIpc) is 2.92. The molecule has 0 radical (unpaired) electrons. The molecular formula is C24H34O2. The summed E-state index contributed by atoms with van der Waals surface area (Å²) >= 11 is 0. The van der Waals surface area contributed by atoms with Crippen molar-refractivity contribution in [3.05, 3.63) is 23.8 Å². The van der Waals surface area contributed by atoms with Crippen LogP contribution in [0.4, 0.5) is 0 Å². The topological polar surface area (TPSA) is 34.1 Å². The first-order valence-electron chi connectivity index (χ1n) is 10.9. The monoisotopic (exact) mass is 354 g/mol. The highest BCUT2D eigenvalue weighted by Crippen LogP contribution is 2.65. The number of carbonyl (C=O) groups is 2. The molecule has 0 spiro atoms. The fraction of sp³-hybridized carbons (Fsp3) is 0.750. The molecule has 2 heteroatoms. The minimum atomic E-state index is -0.0685. The Hall–Kier alpha value is -1.18. The van der Waals surface area contributed by atoms with Crippen LogP contribution in [0.1, 0.15) is 78.6 Å². The SMILES string of the molecule is CCCCC[C@@H]1CC2C(CCC3(C)C(=O)CCC23)C2(C)C=CC(=O)C=C12. The van der Waals surface area contributed by atoms with E-state index in [4.69, 9.17) is 0 Å². The third-order valence-electron chi connectivity index (χ3n) is 8.58. The third-order valence-corrected chi connectivity index (χ3v) is 8.58. The van der Waals surface area contributed by atoms with Crippen LogP contribution in [0.15, 0.2) is 23.8 Å². The molecule has 0 aromatic carbocycles.